The zero-order valence-corrected chi connectivity index (χ0v) is 13.2. The maximum atomic E-state index is 12.2. The number of aliphatic carboxylic acids is 1. The van der Waals surface area contributed by atoms with Crippen molar-refractivity contribution in [2.75, 3.05) is 17.3 Å². The third-order valence-electron chi connectivity index (χ3n) is 3.21. The summed E-state index contributed by atoms with van der Waals surface area (Å²) in [4.78, 5) is 23.2. The van der Waals surface area contributed by atoms with Gasteiger partial charge in [0.05, 0.1) is 5.75 Å². The highest BCUT2D eigenvalue weighted by molar-refractivity contribution is 7.99. The number of carboxylic acid groups (broad SMARTS) is 1. The first kappa shape index (κ1) is 16.0. The van der Waals surface area contributed by atoms with Gasteiger partial charge < -0.3 is 10.4 Å². The lowest BCUT2D eigenvalue weighted by molar-refractivity contribution is -0.140. The highest BCUT2D eigenvalue weighted by Gasteiger charge is 2.27. The van der Waals surface area contributed by atoms with Crippen LogP contribution in [0.3, 0.4) is 0 Å². The molecule has 0 saturated heterocycles. The first-order valence-corrected chi connectivity index (χ1v) is 9.01. The molecular formula is C14H17NO4S2. The first-order valence-electron chi connectivity index (χ1n) is 6.54. The minimum absolute atomic E-state index is 0.0573. The zero-order valence-electron chi connectivity index (χ0n) is 11.6. The Morgan fingerprint density at radius 1 is 1.48 bits per heavy atom. The molecule has 1 aromatic carbocycles. The van der Waals surface area contributed by atoms with Crippen LogP contribution in [0.1, 0.15) is 18.4 Å². The van der Waals surface area contributed by atoms with Crippen molar-refractivity contribution >= 4 is 34.4 Å². The highest BCUT2D eigenvalue weighted by atomic mass is 32.2. The second kappa shape index (κ2) is 7.09. The van der Waals surface area contributed by atoms with Crippen LogP contribution in [0.15, 0.2) is 29.2 Å². The van der Waals surface area contributed by atoms with Gasteiger partial charge in [0.1, 0.15) is 6.04 Å². The topological polar surface area (TPSA) is 83.5 Å². The Morgan fingerprint density at radius 2 is 2.19 bits per heavy atom. The normalized spacial score (nSPS) is 19.6. The molecule has 3 atom stereocenters. The minimum Gasteiger partial charge on any atom is -0.480 e. The Morgan fingerprint density at radius 3 is 2.86 bits per heavy atom. The molecule has 1 aliphatic rings. The van der Waals surface area contributed by atoms with Crippen LogP contribution in [-0.2, 0) is 20.4 Å². The number of hydrogen-bond donors (Lipinski definition) is 2. The molecule has 1 aliphatic heterocycles. The predicted octanol–water partition coefficient (Wildman–Crippen LogP) is 1.21. The molecule has 0 aliphatic carbocycles. The van der Waals surface area contributed by atoms with Gasteiger partial charge in [-0.1, -0.05) is 18.2 Å². The van der Waals surface area contributed by atoms with Crippen molar-refractivity contribution in [2.24, 2.45) is 0 Å². The first-order chi connectivity index (χ1) is 9.97. The number of carbonyl (C=O) groups is 2. The minimum atomic E-state index is -1.29. The van der Waals surface area contributed by atoms with Gasteiger partial charge in [-0.15, -0.1) is 11.8 Å². The van der Waals surface area contributed by atoms with Crippen LogP contribution in [0.2, 0.25) is 0 Å². The van der Waals surface area contributed by atoms with Crippen molar-refractivity contribution in [3.05, 3.63) is 29.8 Å². The van der Waals surface area contributed by atoms with Gasteiger partial charge in [-0.3, -0.25) is 9.00 Å². The molecule has 2 rings (SSSR count). The maximum Gasteiger partial charge on any atom is 0.327 e. The summed E-state index contributed by atoms with van der Waals surface area (Å²) in [7, 11) is -1.29. The molecule has 114 valence electrons. The summed E-state index contributed by atoms with van der Waals surface area (Å²) in [6.45, 7) is 1.25. The molecule has 1 amide bonds. The quantitative estimate of drug-likeness (QED) is 0.821. The van der Waals surface area contributed by atoms with Gasteiger partial charge in [0.25, 0.3) is 0 Å². The summed E-state index contributed by atoms with van der Waals surface area (Å²) in [5.41, 5.74) is 1.18. The standard InChI is InChI=1S/C14H17NO4S2/c1-9(16)15-12(14(17)18)8-21(19)7-10-6-20-13-5-3-2-4-11(10)13/h2-5,10,12H,6-8H2,1H3,(H,15,16)(H,17,18)/t10?,12-,21?/m0/s1. The van der Waals surface area contributed by atoms with E-state index in [-0.39, 0.29) is 11.7 Å². The lowest BCUT2D eigenvalue weighted by Crippen LogP contribution is -2.43. The number of amides is 1. The van der Waals surface area contributed by atoms with Crippen molar-refractivity contribution in [1.29, 1.82) is 0 Å². The Balaban J connectivity index is 1.96. The summed E-state index contributed by atoms with van der Waals surface area (Å²) >= 11 is 1.73. The molecule has 1 aromatic rings. The fourth-order valence-electron chi connectivity index (χ4n) is 2.27. The van der Waals surface area contributed by atoms with E-state index in [0.717, 1.165) is 5.75 Å². The summed E-state index contributed by atoms with van der Waals surface area (Å²) in [6, 6.07) is 6.91. The number of thioether (sulfide) groups is 1. The molecule has 0 bridgehead atoms. The van der Waals surface area contributed by atoms with Gasteiger partial charge in [0.2, 0.25) is 5.91 Å². The third kappa shape index (κ3) is 4.31. The largest absolute Gasteiger partial charge is 0.480 e. The van der Waals surface area contributed by atoms with Crippen molar-refractivity contribution in [1.82, 2.24) is 5.32 Å². The molecule has 1 heterocycles. The Kier molecular flexibility index (Phi) is 5.41. The molecular weight excluding hydrogens is 310 g/mol. The molecule has 21 heavy (non-hydrogen) atoms. The van der Waals surface area contributed by atoms with Crippen molar-refractivity contribution in [3.63, 3.8) is 0 Å². The Hall–Kier alpha value is -1.34. The second-order valence-corrected chi connectivity index (χ2v) is 7.52. The van der Waals surface area contributed by atoms with Crippen LogP contribution in [0.5, 0.6) is 0 Å². The smallest absolute Gasteiger partial charge is 0.327 e. The number of benzene rings is 1. The number of carboxylic acids is 1. The SMILES string of the molecule is CC(=O)N[C@@H](CS(=O)CC1CSc2ccccc21)C(=O)O. The van der Waals surface area contributed by atoms with Gasteiger partial charge in [0.15, 0.2) is 0 Å². The third-order valence-corrected chi connectivity index (χ3v) is 5.95. The fraction of sp³-hybridized carbons (Fsp3) is 0.429. The highest BCUT2D eigenvalue weighted by Crippen LogP contribution is 2.39. The summed E-state index contributed by atoms with van der Waals surface area (Å²) in [6.07, 6.45) is 0. The lowest BCUT2D eigenvalue weighted by Gasteiger charge is -2.15. The van der Waals surface area contributed by atoms with Crippen molar-refractivity contribution in [2.45, 2.75) is 23.8 Å². The van der Waals surface area contributed by atoms with Crippen LogP contribution < -0.4 is 5.32 Å². The van der Waals surface area contributed by atoms with Crippen LogP contribution in [0.25, 0.3) is 0 Å². The van der Waals surface area contributed by atoms with E-state index in [1.807, 2.05) is 24.3 Å². The van der Waals surface area contributed by atoms with Crippen LogP contribution in [0, 0.1) is 0 Å². The number of fused-ring (bicyclic) bond motifs is 1. The average Bonchev–Trinajstić information content (AvgIpc) is 2.81. The molecule has 0 saturated carbocycles. The number of rotatable bonds is 6. The van der Waals surface area contributed by atoms with E-state index in [9.17, 15) is 13.8 Å². The van der Waals surface area contributed by atoms with Gasteiger partial charge >= 0.3 is 5.97 Å². The van der Waals surface area contributed by atoms with Crippen molar-refractivity contribution < 1.29 is 18.9 Å². The zero-order chi connectivity index (χ0) is 15.4. The van der Waals surface area contributed by atoms with Crippen molar-refractivity contribution in [3.8, 4) is 0 Å². The van der Waals surface area contributed by atoms with E-state index >= 15 is 0 Å². The number of carbonyl (C=O) groups excluding carboxylic acids is 1. The Bertz CT molecular complexity index is 576. The van der Waals surface area contributed by atoms with Gasteiger partial charge in [-0.25, -0.2) is 4.79 Å². The average molecular weight is 327 g/mol. The van der Waals surface area contributed by atoms with Gasteiger partial charge in [-0.2, -0.15) is 0 Å². The molecule has 0 fully saturated rings. The van der Waals surface area contributed by atoms with E-state index in [4.69, 9.17) is 5.11 Å². The molecule has 0 radical (unpaired) electrons. The molecule has 0 spiro atoms. The molecule has 5 nitrogen and oxygen atoms in total. The van der Waals surface area contributed by atoms with Crippen LogP contribution in [0.4, 0.5) is 0 Å². The van der Waals surface area contributed by atoms with E-state index in [2.05, 4.69) is 5.32 Å². The van der Waals surface area contributed by atoms with E-state index < -0.39 is 28.7 Å². The second-order valence-electron chi connectivity index (χ2n) is 4.91. The molecule has 0 aromatic heterocycles. The van der Waals surface area contributed by atoms with Crippen LogP contribution >= 0.6 is 11.8 Å². The summed E-state index contributed by atoms with van der Waals surface area (Å²) < 4.78 is 12.2. The fourth-order valence-corrected chi connectivity index (χ4v) is 5.15. The molecule has 2 unspecified atom stereocenters. The molecule has 7 heteroatoms. The lowest BCUT2D eigenvalue weighted by atomic mass is 10.0. The summed E-state index contributed by atoms with van der Waals surface area (Å²) in [5, 5.41) is 11.4. The molecule has 2 N–H and O–H groups in total. The Labute approximate surface area is 130 Å². The van der Waals surface area contributed by atoms with Gasteiger partial charge in [-0.05, 0) is 11.6 Å². The monoisotopic (exact) mass is 327 g/mol. The van der Waals surface area contributed by atoms with E-state index in [0.29, 0.717) is 5.75 Å². The number of nitrogens with one attached hydrogen (secondary N) is 1. The predicted molar refractivity (Wildman–Crippen MR) is 83.0 cm³/mol. The number of hydrogen-bond acceptors (Lipinski definition) is 4. The van der Waals surface area contributed by atoms with Crippen LogP contribution in [-0.4, -0.2) is 44.5 Å². The summed E-state index contributed by atoms with van der Waals surface area (Å²) in [5.74, 6) is -0.172. The van der Waals surface area contributed by atoms with Gasteiger partial charge in [0, 0.05) is 40.0 Å². The maximum absolute atomic E-state index is 12.2. The van der Waals surface area contributed by atoms with E-state index in [1.165, 1.54) is 17.4 Å². The van der Waals surface area contributed by atoms with E-state index in [1.54, 1.807) is 11.8 Å².